The number of anilines is 1. The van der Waals surface area contributed by atoms with E-state index in [1.165, 1.54) is 0 Å². The third-order valence-electron chi connectivity index (χ3n) is 4.95. The second kappa shape index (κ2) is 8.36. The van der Waals surface area contributed by atoms with Crippen LogP contribution in [0.4, 0.5) is 5.69 Å². The molecule has 6 heteroatoms. The van der Waals surface area contributed by atoms with Crippen LogP contribution < -0.4 is 14.5 Å². The predicted molar refractivity (Wildman–Crippen MR) is 119 cm³/mol. The highest BCUT2D eigenvalue weighted by Gasteiger charge is 2.30. The normalized spacial score (nSPS) is 15.9. The van der Waals surface area contributed by atoms with Crippen LogP contribution >= 0.6 is 23.2 Å². The quantitative estimate of drug-likeness (QED) is 0.475. The molecule has 148 valence electrons. The Hall–Kier alpha value is -2.69. The van der Waals surface area contributed by atoms with Crippen molar-refractivity contribution in [1.82, 2.24) is 0 Å². The average molecular weight is 427 g/mol. The molecule has 0 spiro atoms. The summed E-state index contributed by atoms with van der Waals surface area (Å²) in [5, 5.41) is 8.32. The largest absolute Gasteiger partial charge is 0.493 e. The van der Waals surface area contributed by atoms with Gasteiger partial charge in [-0.1, -0.05) is 47.5 Å². The summed E-state index contributed by atoms with van der Waals surface area (Å²) in [6, 6.07) is 21.4. The lowest BCUT2D eigenvalue weighted by molar-refractivity contribution is 0.354. The third kappa shape index (κ3) is 4.04. The molecule has 3 aromatic carbocycles. The zero-order chi connectivity index (χ0) is 20.4. The first-order valence-electron chi connectivity index (χ1n) is 9.19. The van der Waals surface area contributed by atoms with Crippen LogP contribution in [0.5, 0.6) is 11.5 Å². The lowest BCUT2D eigenvalue weighted by atomic mass is 9.98. The highest BCUT2D eigenvalue weighted by Crippen LogP contribution is 2.40. The van der Waals surface area contributed by atoms with Gasteiger partial charge in [-0.3, -0.25) is 5.01 Å². The van der Waals surface area contributed by atoms with Gasteiger partial charge in [-0.15, -0.1) is 0 Å². The summed E-state index contributed by atoms with van der Waals surface area (Å²) in [5.74, 6) is 1.39. The lowest BCUT2D eigenvalue weighted by Crippen LogP contribution is -2.18. The van der Waals surface area contributed by atoms with E-state index in [4.69, 9.17) is 37.8 Å². The number of hydrazone groups is 1. The second-order valence-electron chi connectivity index (χ2n) is 6.71. The van der Waals surface area contributed by atoms with Crippen molar-refractivity contribution in [3.63, 3.8) is 0 Å². The minimum atomic E-state index is -0.000971. The maximum absolute atomic E-state index is 6.25. The van der Waals surface area contributed by atoms with Crippen LogP contribution in [-0.4, -0.2) is 19.9 Å². The Morgan fingerprint density at radius 3 is 2.31 bits per heavy atom. The van der Waals surface area contributed by atoms with Crippen molar-refractivity contribution in [1.29, 1.82) is 0 Å². The molecule has 3 aromatic rings. The first-order valence-corrected chi connectivity index (χ1v) is 9.95. The van der Waals surface area contributed by atoms with Crippen LogP contribution in [-0.2, 0) is 0 Å². The summed E-state index contributed by atoms with van der Waals surface area (Å²) < 4.78 is 10.9. The molecule has 4 nitrogen and oxygen atoms in total. The molecule has 1 aliphatic heterocycles. The van der Waals surface area contributed by atoms with Crippen molar-refractivity contribution in [3.8, 4) is 11.5 Å². The van der Waals surface area contributed by atoms with Crippen molar-refractivity contribution in [2.45, 2.75) is 12.5 Å². The number of halogens is 2. The van der Waals surface area contributed by atoms with Crippen LogP contribution in [0.3, 0.4) is 0 Å². The molecule has 4 rings (SSSR count). The van der Waals surface area contributed by atoms with Gasteiger partial charge >= 0.3 is 0 Å². The smallest absolute Gasteiger partial charge is 0.161 e. The molecule has 0 saturated carbocycles. The first kappa shape index (κ1) is 19.6. The van der Waals surface area contributed by atoms with Gasteiger partial charge in [0.15, 0.2) is 11.5 Å². The van der Waals surface area contributed by atoms with Gasteiger partial charge in [-0.2, -0.15) is 5.10 Å². The van der Waals surface area contributed by atoms with Crippen LogP contribution in [0.25, 0.3) is 0 Å². The molecule has 0 radical (unpaired) electrons. The SMILES string of the molecule is COc1ccc([C@@H]2CC(c3ccc(Cl)cc3)=NN2c2cccc(Cl)c2)cc1OC. The zero-order valence-electron chi connectivity index (χ0n) is 16.1. The van der Waals surface area contributed by atoms with E-state index in [9.17, 15) is 0 Å². The molecule has 29 heavy (non-hydrogen) atoms. The fourth-order valence-corrected chi connectivity index (χ4v) is 3.81. The molecule has 0 saturated heterocycles. The molecule has 1 heterocycles. The van der Waals surface area contributed by atoms with Crippen molar-refractivity contribution in [2.24, 2.45) is 5.10 Å². The fourth-order valence-electron chi connectivity index (χ4n) is 3.50. The van der Waals surface area contributed by atoms with Crippen molar-refractivity contribution in [3.05, 3.63) is 87.9 Å². The van der Waals surface area contributed by atoms with Crippen LogP contribution in [0, 0.1) is 0 Å². The Morgan fingerprint density at radius 1 is 0.862 bits per heavy atom. The second-order valence-corrected chi connectivity index (χ2v) is 7.59. The first-order chi connectivity index (χ1) is 14.1. The number of benzene rings is 3. The van der Waals surface area contributed by atoms with E-state index >= 15 is 0 Å². The van der Waals surface area contributed by atoms with Gasteiger partial charge in [0, 0.05) is 16.5 Å². The zero-order valence-corrected chi connectivity index (χ0v) is 17.6. The maximum Gasteiger partial charge on any atom is 0.161 e. The Morgan fingerprint density at radius 2 is 1.62 bits per heavy atom. The highest BCUT2D eigenvalue weighted by atomic mass is 35.5. The van der Waals surface area contributed by atoms with E-state index in [2.05, 4.69) is 0 Å². The molecule has 0 fully saturated rings. The van der Waals surface area contributed by atoms with Crippen LogP contribution in [0.1, 0.15) is 23.6 Å². The standard InChI is InChI=1S/C23H20Cl2N2O2/c1-28-22-11-8-16(12-23(22)29-2)21-14-20(15-6-9-17(24)10-7-15)26-27(21)19-5-3-4-18(25)13-19/h3-13,21H,14H2,1-2H3/t21-/m0/s1. The maximum atomic E-state index is 6.25. The van der Waals surface area contributed by atoms with Gasteiger partial charge in [-0.05, 0) is 53.6 Å². The summed E-state index contributed by atoms with van der Waals surface area (Å²) in [5.41, 5.74) is 4.04. The summed E-state index contributed by atoms with van der Waals surface area (Å²) in [6.07, 6.45) is 0.740. The van der Waals surface area contributed by atoms with Crippen molar-refractivity contribution < 1.29 is 9.47 Å². The van der Waals surface area contributed by atoms with Gasteiger partial charge < -0.3 is 9.47 Å². The Balaban J connectivity index is 1.76. The average Bonchev–Trinajstić information content (AvgIpc) is 3.19. The number of nitrogens with zero attached hydrogens (tertiary/aromatic N) is 2. The topological polar surface area (TPSA) is 34.1 Å². The lowest BCUT2D eigenvalue weighted by Gasteiger charge is -2.24. The third-order valence-corrected chi connectivity index (χ3v) is 5.44. The molecule has 1 atom stereocenters. The predicted octanol–water partition coefficient (Wildman–Crippen LogP) is 6.37. The van der Waals surface area contributed by atoms with E-state index < -0.39 is 0 Å². The highest BCUT2D eigenvalue weighted by molar-refractivity contribution is 6.31. The number of rotatable bonds is 5. The summed E-state index contributed by atoms with van der Waals surface area (Å²) in [4.78, 5) is 0. The Labute approximate surface area is 180 Å². The van der Waals surface area contributed by atoms with Gasteiger partial charge in [0.2, 0.25) is 0 Å². The summed E-state index contributed by atoms with van der Waals surface area (Å²) in [6.45, 7) is 0. The van der Waals surface area contributed by atoms with Crippen molar-refractivity contribution in [2.75, 3.05) is 19.2 Å². The van der Waals surface area contributed by atoms with E-state index in [1.807, 2.05) is 71.7 Å². The number of methoxy groups -OCH3 is 2. The molecule has 1 aliphatic rings. The minimum Gasteiger partial charge on any atom is -0.493 e. The van der Waals surface area contributed by atoms with Gasteiger partial charge in [0.1, 0.15) is 0 Å². The summed E-state index contributed by atoms with van der Waals surface area (Å²) in [7, 11) is 3.27. The van der Waals surface area contributed by atoms with E-state index in [0.717, 1.165) is 28.9 Å². The van der Waals surface area contributed by atoms with Gasteiger partial charge in [0.25, 0.3) is 0 Å². The van der Waals surface area contributed by atoms with Crippen LogP contribution in [0.2, 0.25) is 10.0 Å². The molecule has 0 bridgehead atoms. The van der Waals surface area contributed by atoms with Gasteiger partial charge in [0.05, 0.1) is 31.7 Å². The number of hydrogen-bond donors (Lipinski definition) is 0. The molecular weight excluding hydrogens is 407 g/mol. The molecular formula is C23H20Cl2N2O2. The van der Waals surface area contributed by atoms with Gasteiger partial charge in [-0.25, -0.2) is 0 Å². The summed E-state index contributed by atoms with van der Waals surface area (Å²) >= 11 is 12.3. The van der Waals surface area contributed by atoms with Crippen molar-refractivity contribution >= 4 is 34.6 Å². The molecule has 0 aromatic heterocycles. The number of hydrogen-bond acceptors (Lipinski definition) is 4. The van der Waals surface area contributed by atoms with E-state index in [-0.39, 0.29) is 6.04 Å². The van der Waals surface area contributed by atoms with E-state index in [1.54, 1.807) is 14.2 Å². The molecule has 0 unspecified atom stereocenters. The monoisotopic (exact) mass is 426 g/mol. The van der Waals surface area contributed by atoms with E-state index in [0.29, 0.717) is 21.5 Å². The molecule has 0 N–H and O–H groups in total. The molecule has 0 amide bonds. The minimum absolute atomic E-state index is 0.000971. The molecule has 0 aliphatic carbocycles. The fraction of sp³-hybridized carbons (Fsp3) is 0.174. The number of ether oxygens (including phenoxy) is 2. The van der Waals surface area contributed by atoms with Crippen LogP contribution in [0.15, 0.2) is 71.8 Å². The Kier molecular flexibility index (Phi) is 5.65. The Bertz CT molecular complexity index is 1050.